The fourth-order valence-electron chi connectivity index (χ4n) is 2.79. The quantitative estimate of drug-likeness (QED) is 0.469. The Labute approximate surface area is 124 Å². The van der Waals surface area contributed by atoms with Gasteiger partial charge in [0.1, 0.15) is 0 Å². The maximum atomic E-state index is 12.3. The Kier molecular flexibility index (Phi) is 3.38. The Morgan fingerprint density at radius 1 is 1.09 bits per heavy atom. The summed E-state index contributed by atoms with van der Waals surface area (Å²) in [4.78, 5) is 33.5. The number of carboxylic acids is 1. The molecule has 4 atom stereocenters. The number of nitro groups is 1. The summed E-state index contributed by atoms with van der Waals surface area (Å²) in [6.45, 7) is 0. The summed E-state index contributed by atoms with van der Waals surface area (Å²) < 4.78 is 5.39. The summed E-state index contributed by atoms with van der Waals surface area (Å²) in [5.41, 5.74) is 0.247. The van der Waals surface area contributed by atoms with Gasteiger partial charge in [0.05, 0.1) is 23.0 Å². The third kappa shape index (κ3) is 2.33. The minimum absolute atomic E-state index is 0.100. The number of rotatable bonds is 4. The van der Waals surface area contributed by atoms with Crippen LogP contribution < -0.4 is 10.4 Å². The third-order valence-corrected chi connectivity index (χ3v) is 3.82. The van der Waals surface area contributed by atoms with E-state index >= 15 is 0 Å². The zero-order valence-corrected chi connectivity index (χ0v) is 11.2. The van der Waals surface area contributed by atoms with E-state index in [4.69, 9.17) is 4.74 Å². The minimum Gasteiger partial charge on any atom is -0.550 e. The van der Waals surface area contributed by atoms with Gasteiger partial charge in [-0.25, -0.2) is 0 Å². The fraction of sp³-hybridized carbons (Fsp3) is 0.286. The molecule has 22 heavy (non-hydrogen) atoms. The Bertz CT molecular complexity index is 668. The molecule has 0 unspecified atom stereocenters. The summed E-state index contributed by atoms with van der Waals surface area (Å²) in [5, 5.41) is 24.3. The standard InChI is InChI=1S/C14H12N2O6/c17-13(15-7-1-3-8(4-2-7)16(20)21)11-9-5-6-10(22-9)12(11)14(18)19/h1-6,9-12H,(H,15,17)(H,18,19)/p-1/t9-,10+,11-,12+/m1/s1. The number of anilines is 1. The first kappa shape index (κ1) is 14.2. The van der Waals surface area contributed by atoms with Crippen LogP contribution in [0.1, 0.15) is 0 Å². The number of nitro benzene ring substituents is 1. The summed E-state index contributed by atoms with van der Waals surface area (Å²) in [7, 11) is 0. The molecule has 1 N–H and O–H groups in total. The molecule has 3 rings (SSSR count). The maximum absolute atomic E-state index is 12.3. The number of nitrogens with zero attached hydrogens (tertiary/aromatic N) is 1. The van der Waals surface area contributed by atoms with Gasteiger partial charge in [0.15, 0.2) is 0 Å². The minimum atomic E-state index is -1.33. The van der Waals surface area contributed by atoms with E-state index in [1.165, 1.54) is 24.3 Å². The van der Waals surface area contributed by atoms with E-state index < -0.39 is 40.8 Å². The SMILES string of the molecule is O=C([O-])[C@@H]1[C@H](C(=O)Nc2ccc([N+](=O)[O-])cc2)[C@H]2C=C[C@@H]1O2. The Balaban J connectivity index is 1.75. The van der Waals surface area contributed by atoms with Crippen molar-refractivity contribution in [3.05, 3.63) is 46.5 Å². The van der Waals surface area contributed by atoms with Crippen molar-refractivity contribution in [2.24, 2.45) is 11.8 Å². The van der Waals surface area contributed by atoms with Crippen LogP contribution in [0.3, 0.4) is 0 Å². The summed E-state index contributed by atoms with van der Waals surface area (Å²) >= 11 is 0. The number of non-ortho nitro benzene ring substituents is 1. The molecule has 1 aromatic carbocycles. The predicted molar refractivity (Wildman–Crippen MR) is 71.5 cm³/mol. The van der Waals surface area contributed by atoms with Crippen molar-refractivity contribution in [2.45, 2.75) is 12.2 Å². The number of fused-ring (bicyclic) bond motifs is 2. The first-order chi connectivity index (χ1) is 10.5. The van der Waals surface area contributed by atoms with Crippen LogP contribution in [0.15, 0.2) is 36.4 Å². The van der Waals surface area contributed by atoms with Crippen molar-refractivity contribution < 1.29 is 24.4 Å². The van der Waals surface area contributed by atoms with E-state index in [1.807, 2.05) is 0 Å². The van der Waals surface area contributed by atoms with Gasteiger partial charge in [-0.3, -0.25) is 14.9 Å². The number of amides is 1. The topological polar surface area (TPSA) is 122 Å². The second-order valence-electron chi connectivity index (χ2n) is 5.11. The number of carboxylic acid groups (broad SMARTS) is 1. The highest BCUT2D eigenvalue weighted by molar-refractivity contribution is 5.96. The zero-order valence-electron chi connectivity index (χ0n) is 11.2. The van der Waals surface area contributed by atoms with Gasteiger partial charge in [-0.05, 0) is 12.1 Å². The maximum Gasteiger partial charge on any atom is 0.269 e. The number of carbonyl (C=O) groups is 2. The molecule has 8 nitrogen and oxygen atoms in total. The van der Waals surface area contributed by atoms with Gasteiger partial charge in [-0.1, -0.05) is 12.2 Å². The number of nitrogens with one attached hydrogen (secondary N) is 1. The monoisotopic (exact) mass is 303 g/mol. The molecule has 1 saturated heterocycles. The zero-order chi connectivity index (χ0) is 15.9. The van der Waals surface area contributed by atoms with Crippen LogP contribution in [0.5, 0.6) is 0 Å². The fourth-order valence-corrected chi connectivity index (χ4v) is 2.79. The molecule has 0 aliphatic carbocycles. The molecule has 1 aromatic rings. The van der Waals surface area contributed by atoms with Gasteiger partial charge in [0.2, 0.25) is 5.91 Å². The highest BCUT2D eigenvalue weighted by Gasteiger charge is 2.50. The molecule has 1 fully saturated rings. The lowest BCUT2D eigenvalue weighted by Crippen LogP contribution is -2.45. The molecular weight excluding hydrogens is 292 g/mol. The molecular formula is C14H11N2O6-. The van der Waals surface area contributed by atoms with Gasteiger partial charge in [0.25, 0.3) is 5.69 Å². The van der Waals surface area contributed by atoms with Crippen LogP contribution in [0.4, 0.5) is 11.4 Å². The van der Waals surface area contributed by atoms with E-state index in [0.29, 0.717) is 5.69 Å². The molecule has 1 amide bonds. The average Bonchev–Trinajstić information content (AvgIpc) is 3.08. The summed E-state index contributed by atoms with van der Waals surface area (Å²) in [5.74, 6) is -3.76. The van der Waals surface area contributed by atoms with Crippen LogP contribution in [0, 0.1) is 22.0 Å². The van der Waals surface area contributed by atoms with Crippen LogP contribution in [-0.4, -0.2) is 29.0 Å². The predicted octanol–water partition coefficient (Wildman–Crippen LogP) is -0.147. The first-order valence-corrected chi connectivity index (χ1v) is 6.57. The van der Waals surface area contributed by atoms with Gasteiger partial charge >= 0.3 is 0 Å². The largest absolute Gasteiger partial charge is 0.550 e. The molecule has 2 aliphatic heterocycles. The van der Waals surface area contributed by atoms with Crippen molar-refractivity contribution >= 4 is 23.3 Å². The number of benzene rings is 1. The molecule has 2 bridgehead atoms. The molecule has 2 heterocycles. The molecule has 0 radical (unpaired) electrons. The van der Waals surface area contributed by atoms with Gasteiger partial charge < -0.3 is 20.0 Å². The van der Waals surface area contributed by atoms with Crippen molar-refractivity contribution in [3.8, 4) is 0 Å². The van der Waals surface area contributed by atoms with Crippen LogP contribution in [-0.2, 0) is 14.3 Å². The lowest BCUT2D eigenvalue weighted by Gasteiger charge is -2.24. The third-order valence-electron chi connectivity index (χ3n) is 3.82. The van der Waals surface area contributed by atoms with Crippen molar-refractivity contribution in [2.75, 3.05) is 5.32 Å². The number of carbonyl (C=O) groups excluding carboxylic acids is 2. The van der Waals surface area contributed by atoms with Crippen molar-refractivity contribution in [3.63, 3.8) is 0 Å². The Hall–Kier alpha value is -2.74. The number of aliphatic carboxylic acids is 1. The van der Waals surface area contributed by atoms with Gasteiger partial charge in [0, 0.05) is 29.7 Å². The molecule has 0 spiro atoms. The van der Waals surface area contributed by atoms with E-state index in [0.717, 1.165) is 0 Å². The van der Waals surface area contributed by atoms with E-state index in [2.05, 4.69) is 5.32 Å². The highest BCUT2D eigenvalue weighted by Crippen LogP contribution is 2.39. The lowest BCUT2D eigenvalue weighted by molar-refractivity contribution is -0.384. The lowest BCUT2D eigenvalue weighted by atomic mass is 9.82. The Morgan fingerprint density at radius 2 is 1.68 bits per heavy atom. The number of ether oxygens (including phenoxy) is 1. The number of hydrogen-bond donors (Lipinski definition) is 1. The smallest absolute Gasteiger partial charge is 0.269 e. The van der Waals surface area contributed by atoms with Crippen LogP contribution >= 0.6 is 0 Å². The molecule has 2 aliphatic rings. The molecule has 8 heteroatoms. The summed E-state index contributed by atoms with van der Waals surface area (Å²) in [6, 6.07) is 5.27. The van der Waals surface area contributed by atoms with Crippen molar-refractivity contribution in [1.82, 2.24) is 0 Å². The van der Waals surface area contributed by atoms with Crippen LogP contribution in [0.25, 0.3) is 0 Å². The Morgan fingerprint density at radius 3 is 2.23 bits per heavy atom. The average molecular weight is 303 g/mol. The molecule has 114 valence electrons. The molecule has 0 aromatic heterocycles. The van der Waals surface area contributed by atoms with E-state index in [-0.39, 0.29) is 5.69 Å². The second-order valence-corrected chi connectivity index (χ2v) is 5.11. The highest BCUT2D eigenvalue weighted by atomic mass is 16.6. The van der Waals surface area contributed by atoms with Crippen molar-refractivity contribution in [1.29, 1.82) is 0 Å². The van der Waals surface area contributed by atoms with Gasteiger partial charge in [-0.15, -0.1) is 0 Å². The molecule has 0 saturated carbocycles. The van der Waals surface area contributed by atoms with E-state index in [1.54, 1.807) is 12.2 Å². The second kappa shape index (κ2) is 5.23. The van der Waals surface area contributed by atoms with E-state index in [9.17, 15) is 24.8 Å². The first-order valence-electron chi connectivity index (χ1n) is 6.57. The van der Waals surface area contributed by atoms with Crippen LogP contribution in [0.2, 0.25) is 0 Å². The normalized spacial score (nSPS) is 28.5. The number of hydrogen-bond acceptors (Lipinski definition) is 6. The van der Waals surface area contributed by atoms with Gasteiger partial charge in [-0.2, -0.15) is 0 Å². The summed E-state index contributed by atoms with van der Waals surface area (Å²) in [6.07, 6.45) is 2.03.